The predicted octanol–water partition coefficient (Wildman–Crippen LogP) is 3.93. The summed E-state index contributed by atoms with van der Waals surface area (Å²) in [6.07, 6.45) is 2.22. The lowest BCUT2D eigenvalue weighted by molar-refractivity contribution is 0.0485. The van der Waals surface area contributed by atoms with Crippen LogP contribution in [0.4, 0.5) is 10.5 Å². The van der Waals surface area contributed by atoms with E-state index in [4.69, 9.17) is 4.74 Å². The summed E-state index contributed by atoms with van der Waals surface area (Å²) in [6, 6.07) is 13.9. The van der Waals surface area contributed by atoms with E-state index in [1.54, 1.807) is 0 Å². The average Bonchev–Trinajstić information content (AvgIpc) is 2.58. The number of hydrogen-bond donors (Lipinski definition) is 2. The number of aromatic nitrogens is 1. The summed E-state index contributed by atoms with van der Waals surface area (Å²) in [7, 11) is 0. The molecule has 1 aromatic heterocycles. The summed E-state index contributed by atoms with van der Waals surface area (Å²) in [5, 5.41) is 6.49. The van der Waals surface area contributed by atoms with Crippen molar-refractivity contribution < 1.29 is 9.53 Å². The number of alkyl carbamates (subject to hydrolysis) is 1. The maximum absolute atomic E-state index is 12.4. The Morgan fingerprint density at radius 2 is 2.00 bits per heavy atom. The largest absolute Gasteiger partial charge is 0.444 e. The minimum Gasteiger partial charge on any atom is -0.444 e. The molecule has 1 aromatic carbocycles. The van der Waals surface area contributed by atoms with Gasteiger partial charge < -0.3 is 15.4 Å². The molecule has 1 aliphatic rings. The first-order chi connectivity index (χ1) is 11.9. The highest BCUT2D eigenvalue weighted by Gasteiger charge is 2.30. The Balaban J connectivity index is 1.81. The number of pyridine rings is 1. The van der Waals surface area contributed by atoms with Crippen LogP contribution < -0.4 is 10.6 Å². The zero-order valence-corrected chi connectivity index (χ0v) is 15.0. The van der Waals surface area contributed by atoms with Crippen molar-refractivity contribution in [1.29, 1.82) is 0 Å². The summed E-state index contributed by atoms with van der Waals surface area (Å²) in [4.78, 5) is 16.8. The second-order valence-corrected chi connectivity index (χ2v) is 7.38. The number of rotatable bonds is 3. The summed E-state index contributed by atoms with van der Waals surface area (Å²) in [5.74, 6) is 0.192. The van der Waals surface area contributed by atoms with Gasteiger partial charge in [0.15, 0.2) is 0 Å². The molecule has 5 nitrogen and oxygen atoms in total. The monoisotopic (exact) mass is 339 g/mol. The molecule has 0 saturated heterocycles. The predicted molar refractivity (Wildman–Crippen MR) is 98.5 cm³/mol. The summed E-state index contributed by atoms with van der Waals surface area (Å²) < 4.78 is 5.46. The van der Waals surface area contributed by atoms with Crippen molar-refractivity contribution in [2.75, 3.05) is 11.9 Å². The summed E-state index contributed by atoms with van der Waals surface area (Å²) in [5.41, 5.74) is 2.65. The molecule has 2 atom stereocenters. The lowest BCUT2D eigenvalue weighted by Crippen LogP contribution is -2.41. The van der Waals surface area contributed by atoms with E-state index in [1.165, 1.54) is 0 Å². The topological polar surface area (TPSA) is 63.2 Å². The maximum Gasteiger partial charge on any atom is 0.408 e. The maximum atomic E-state index is 12.4. The van der Waals surface area contributed by atoms with Gasteiger partial charge in [0.05, 0.1) is 17.4 Å². The fraction of sp³-hybridized carbons (Fsp3) is 0.400. The minimum atomic E-state index is -0.524. The normalized spacial score (nSPS) is 17.8. The highest BCUT2D eigenvalue weighted by Crippen LogP contribution is 2.31. The van der Waals surface area contributed by atoms with Gasteiger partial charge in [-0.05, 0) is 44.9 Å². The zero-order valence-electron chi connectivity index (χ0n) is 15.0. The molecular formula is C20H25N3O2. The standard InChI is InChI=1S/C20H25N3O2/c1-20(2,3)25-19(24)23-18(14-8-5-4-6-9-14)15-12-17-16(22-13-15)10-7-11-21-17/h4-11,15,18,22H,12-13H2,1-3H3,(H,23,24)/t15-,18-/m1/s1. The molecule has 5 heteroatoms. The van der Waals surface area contributed by atoms with Crippen LogP contribution >= 0.6 is 0 Å². The first-order valence-electron chi connectivity index (χ1n) is 8.64. The number of nitrogens with zero attached hydrogens (tertiary/aromatic N) is 1. The van der Waals surface area contributed by atoms with E-state index in [0.29, 0.717) is 0 Å². The Hall–Kier alpha value is -2.56. The van der Waals surface area contributed by atoms with Crippen LogP contribution in [0.3, 0.4) is 0 Å². The Kier molecular flexibility index (Phi) is 4.93. The molecule has 0 radical (unpaired) electrons. The third-order valence-electron chi connectivity index (χ3n) is 4.20. The number of fused-ring (bicyclic) bond motifs is 1. The molecule has 3 rings (SSSR count). The van der Waals surface area contributed by atoms with E-state index in [-0.39, 0.29) is 12.0 Å². The Morgan fingerprint density at radius 1 is 1.24 bits per heavy atom. The van der Waals surface area contributed by atoms with Gasteiger partial charge in [0.1, 0.15) is 5.60 Å². The summed E-state index contributed by atoms with van der Waals surface area (Å²) in [6.45, 7) is 6.37. The van der Waals surface area contributed by atoms with Gasteiger partial charge in [-0.2, -0.15) is 0 Å². The lowest BCUT2D eigenvalue weighted by atomic mass is 9.86. The van der Waals surface area contributed by atoms with Gasteiger partial charge in [-0.1, -0.05) is 30.3 Å². The van der Waals surface area contributed by atoms with Crippen molar-refractivity contribution in [2.24, 2.45) is 5.92 Å². The van der Waals surface area contributed by atoms with Gasteiger partial charge in [0.2, 0.25) is 0 Å². The zero-order chi connectivity index (χ0) is 17.9. The molecule has 0 aliphatic carbocycles. The molecule has 0 spiro atoms. The van der Waals surface area contributed by atoms with Gasteiger partial charge in [-0.15, -0.1) is 0 Å². The Labute approximate surface area is 148 Å². The van der Waals surface area contributed by atoms with Crippen molar-refractivity contribution in [1.82, 2.24) is 10.3 Å². The van der Waals surface area contributed by atoms with E-state index in [1.807, 2.05) is 69.4 Å². The number of anilines is 1. The number of amides is 1. The van der Waals surface area contributed by atoms with Crippen molar-refractivity contribution in [3.05, 3.63) is 59.9 Å². The quantitative estimate of drug-likeness (QED) is 0.889. The smallest absolute Gasteiger partial charge is 0.408 e. The van der Waals surface area contributed by atoms with E-state index >= 15 is 0 Å². The van der Waals surface area contributed by atoms with Crippen LogP contribution in [0.2, 0.25) is 0 Å². The van der Waals surface area contributed by atoms with Crippen LogP contribution in [-0.2, 0) is 11.2 Å². The third kappa shape index (κ3) is 4.50. The molecule has 2 heterocycles. The molecule has 0 bridgehead atoms. The Morgan fingerprint density at radius 3 is 2.72 bits per heavy atom. The van der Waals surface area contributed by atoms with Crippen LogP contribution in [0, 0.1) is 5.92 Å². The minimum absolute atomic E-state index is 0.140. The molecule has 0 saturated carbocycles. The second kappa shape index (κ2) is 7.13. The van der Waals surface area contributed by atoms with E-state index in [0.717, 1.165) is 29.9 Å². The molecule has 0 fully saturated rings. The van der Waals surface area contributed by atoms with Crippen molar-refractivity contribution in [2.45, 2.75) is 38.8 Å². The lowest BCUT2D eigenvalue weighted by Gasteiger charge is -2.33. The third-order valence-corrected chi connectivity index (χ3v) is 4.20. The molecule has 1 amide bonds. The highest BCUT2D eigenvalue weighted by atomic mass is 16.6. The first-order valence-corrected chi connectivity index (χ1v) is 8.64. The van der Waals surface area contributed by atoms with Gasteiger partial charge >= 0.3 is 6.09 Å². The van der Waals surface area contributed by atoms with Crippen LogP contribution in [0.25, 0.3) is 0 Å². The van der Waals surface area contributed by atoms with E-state index < -0.39 is 11.7 Å². The molecule has 0 unspecified atom stereocenters. The number of carbonyl (C=O) groups is 1. The van der Waals surface area contributed by atoms with Crippen LogP contribution in [-0.4, -0.2) is 23.2 Å². The second-order valence-electron chi connectivity index (χ2n) is 7.38. The first kappa shape index (κ1) is 17.3. The van der Waals surface area contributed by atoms with Gasteiger partial charge in [-0.3, -0.25) is 4.98 Å². The van der Waals surface area contributed by atoms with E-state index in [2.05, 4.69) is 15.6 Å². The molecule has 1 aliphatic heterocycles. The number of carbonyl (C=O) groups excluding carboxylic acids is 1. The van der Waals surface area contributed by atoms with Crippen molar-refractivity contribution in [3.8, 4) is 0 Å². The SMILES string of the molecule is CC(C)(C)OC(=O)N[C@H](c1ccccc1)[C@H]1CNc2cccnc2C1. The van der Waals surface area contributed by atoms with Crippen molar-refractivity contribution in [3.63, 3.8) is 0 Å². The Bertz CT molecular complexity index is 725. The van der Waals surface area contributed by atoms with Crippen LogP contribution in [0.1, 0.15) is 38.1 Å². The molecular weight excluding hydrogens is 314 g/mol. The molecule has 2 N–H and O–H groups in total. The fourth-order valence-electron chi connectivity index (χ4n) is 3.13. The fourth-order valence-corrected chi connectivity index (χ4v) is 3.13. The van der Waals surface area contributed by atoms with Crippen LogP contribution in [0.5, 0.6) is 0 Å². The van der Waals surface area contributed by atoms with Crippen LogP contribution in [0.15, 0.2) is 48.7 Å². The number of hydrogen-bond acceptors (Lipinski definition) is 4. The van der Waals surface area contributed by atoms with E-state index in [9.17, 15) is 4.79 Å². The van der Waals surface area contributed by atoms with Gasteiger partial charge in [0.25, 0.3) is 0 Å². The molecule has 132 valence electrons. The molecule has 25 heavy (non-hydrogen) atoms. The number of nitrogens with one attached hydrogen (secondary N) is 2. The van der Waals surface area contributed by atoms with Gasteiger partial charge in [-0.25, -0.2) is 4.79 Å². The van der Waals surface area contributed by atoms with Crippen molar-refractivity contribution >= 4 is 11.8 Å². The highest BCUT2D eigenvalue weighted by molar-refractivity contribution is 5.68. The molecule has 2 aromatic rings. The summed E-state index contributed by atoms with van der Waals surface area (Å²) >= 11 is 0. The van der Waals surface area contributed by atoms with Gasteiger partial charge in [0, 0.05) is 18.7 Å². The average molecular weight is 339 g/mol. The number of benzene rings is 1. The number of ether oxygens (including phenoxy) is 1.